The van der Waals surface area contributed by atoms with Gasteiger partial charge < -0.3 is 15.4 Å². The minimum Gasteiger partial charge on any atom is -0.480 e. The van der Waals surface area contributed by atoms with Gasteiger partial charge in [0.25, 0.3) is 10.0 Å². The number of rotatable bonds is 3. The van der Waals surface area contributed by atoms with Crippen molar-refractivity contribution < 1.29 is 18.3 Å². The molecule has 1 aliphatic heterocycles. The van der Waals surface area contributed by atoms with Crippen molar-refractivity contribution in [3.8, 4) is 0 Å². The van der Waals surface area contributed by atoms with Crippen LogP contribution in [0.4, 0.5) is 0 Å². The Kier molecular flexibility index (Phi) is 3.40. The highest BCUT2D eigenvalue weighted by atomic mass is 32.2. The van der Waals surface area contributed by atoms with Crippen molar-refractivity contribution in [1.82, 2.24) is 19.6 Å². The molecule has 1 fully saturated rings. The van der Waals surface area contributed by atoms with Gasteiger partial charge in [0.2, 0.25) is 5.16 Å². The summed E-state index contributed by atoms with van der Waals surface area (Å²) in [4.78, 5) is 18.0. The number of H-pyrrole nitrogens is 1. The second kappa shape index (κ2) is 5.10. The number of sulfonamides is 1. The molecule has 1 atom stereocenters. The summed E-state index contributed by atoms with van der Waals surface area (Å²) in [5, 5.41) is 11.8. The van der Waals surface area contributed by atoms with E-state index in [4.69, 9.17) is 0 Å². The predicted octanol–water partition coefficient (Wildman–Crippen LogP) is -0.390. The first-order valence-electron chi connectivity index (χ1n) is 6.40. The summed E-state index contributed by atoms with van der Waals surface area (Å²) in [6.07, 6.45) is 0. The zero-order valence-electron chi connectivity index (χ0n) is 11.0. The number of piperazine rings is 1. The number of para-hydroxylation sites is 2. The number of nitrogens with one attached hydrogen (secondary N) is 2. The first-order valence-corrected chi connectivity index (χ1v) is 7.84. The molecule has 9 heteroatoms. The quantitative estimate of drug-likeness (QED) is 0.711. The molecule has 1 aromatic carbocycles. The van der Waals surface area contributed by atoms with Crippen molar-refractivity contribution in [2.75, 3.05) is 19.6 Å². The van der Waals surface area contributed by atoms with Crippen LogP contribution in [0.15, 0.2) is 29.4 Å². The Hall–Kier alpha value is -1.97. The highest BCUT2D eigenvalue weighted by Crippen LogP contribution is 2.20. The third-order valence-corrected chi connectivity index (χ3v) is 5.14. The zero-order chi connectivity index (χ0) is 15.0. The normalized spacial score (nSPS) is 20.7. The maximum Gasteiger partial charge on any atom is 0.323 e. The molecule has 1 saturated heterocycles. The van der Waals surface area contributed by atoms with Gasteiger partial charge in [0.05, 0.1) is 11.0 Å². The number of nitrogens with zero attached hydrogens (tertiary/aromatic N) is 2. The minimum atomic E-state index is -3.97. The molecule has 0 aliphatic carbocycles. The van der Waals surface area contributed by atoms with Gasteiger partial charge in [0.15, 0.2) is 0 Å². The second-order valence-electron chi connectivity index (χ2n) is 4.73. The Morgan fingerprint density at radius 3 is 2.86 bits per heavy atom. The van der Waals surface area contributed by atoms with Gasteiger partial charge in [-0.05, 0) is 12.1 Å². The number of hydrogen-bond donors (Lipinski definition) is 3. The number of imidazole rings is 1. The number of aliphatic carboxylic acids is 1. The molecule has 1 aliphatic rings. The van der Waals surface area contributed by atoms with E-state index in [9.17, 15) is 18.3 Å². The molecule has 21 heavy (non-hydrogen) atoms. The van der Waals surface area contributed by atoms with Gasteiger partial charge in [-0.15, -0.1) is 0 Å². The van der Waals surface area contributed by atoms with Crippen molar-refractivity contribution in [1.29, 1.82) is 0 Å². The number of aromatic amines is 1. The number of carboxylic acids is 1. The molecular formula is C12H14N4O4S. The van der Waals surface area contributed by atoms with Crippen LogP contribution >= 0.6 is 0 Å². The monoisotopic (exact) mass is 310 g/mol. The fourth-order valence-electron chi connectivity index (χ4n) is 2.35. The van der Waals surface area contributed by atoms with E-state index in [0.717, 1.165) is 4.31 Å². The van der Waals surface area contributed by atoms with Crippen molar-refractivity contribution in [3.63, 3.8) is 0 Å². The predicted molar refractivity (Wildman–Crippen MR) is 74.3 cm³/mol. The molecule has 3 N–H and O–H groups in total. The van der Waals surface area contributed by atoms with Crippen LogP contribution in [0.1, 0.15) is 0 Å². The number of carboxylic acid groups (broad SMARTS) is 1. The molecule has 8 nitrogen and oxygen atoms in total. The Morgan fingerprint density at radius 2 is 2.14 bits per heavy atom. The van der Waals surface area contributed by atoms with E-state index < -0.39 is 22.0 Å². The summed E-state index contributed by atoms with van der Waals surface area (Å²) in [5.74, 6) is -1.18. The first-order chi connectivity index (χ1) is 10.00. The summed E-state index contributed by atoms with van der Waals surface area (Å²) in [6, 6.07) is 5.80. The van der Waals surface area contributed by atoms with Crippen molar-refractivity contribution in [3.05, 3.63) is 24.3 Å². The molecule has 1 aromatic heterocycles. The standard InChI is InChI=1S/C12H14N4O4S/c17-11(18)10-7-13-5-6-16(10)21(19,20)12-14-8-3-1-2-4-9(8)15-12/h1-4,10,13H,5-7H2,(H,14,15)(H,17,18)/t10-/m1/s1. The lowest BCUT2D eigenvalue weighted by Gasteiger charge is -2.31. The maximum absolute atomic E-state index is 12.6. The Labute approximate surface area is 120 Å². The number of fused-ring (bicyclic) bond motifs is 1. The summed E-state index contributed by atoms with van der Waals surface area (Å²) in [6.45, 7) is 0.578. The van der Waals surface area contributed by atoms with Gasteiger partial charge in [-0.3, -0.25) is 4.79 Å². The van der Waals surface area contributed by atoms with E-state index >= 15 is 0 Å². The third-order valence-electron chi connectivity index (χ3n) is 3.40. The van der Waals surface area contributed by atoms with Gasteiger partial charge >= 0.3 is 5.97 Å². The number of aromatic nitrogens is 2. The van der Waals surface area contributed by atoms with E-state index in [1.165, 1.54) is 0 Å². The van der Waals surface area contributed by atoms with Gasteiger partial charge in [0.1, 0.15) is 6.04 Å². The Morgan fingerprint density at radius 1 is 1.38 bits per heavy atom. The minimum absolute atomic E-state index is 0.0782. The lowest BCUT2D eigenvalue weighted by molar-refractivity contribution is -0.141. The average Bonchev–Trinajstić information content (AvgIpc) is 2.92. The van der Waals surface area contributed by atoms with Gasteiger partial charge in [-0.2, -0.15) is 4.31 Å². The summed E-state index contributed by atoms with van der Waals surface area (Å²) in [7, 11) is -3.97. The maximum atomic E-state index is 12.6. The molecule has 2 aromatic rings. The van der Waals surface area contributed by atoms with Crippen LogP contribution in [0, 0.1) is 0 Å². The van der Waals surface area contributed by atoms with Crippen LogP contribution in [-0.2, 0) is 14.8 Å². The van der Waals surface area contributed by atoms with Crippen LogP contribution in [0.2, 0.25) is 0 Å². The fourth-order valence-corrected chi connectivity index (χ4v) is 3.85. The SMILES string of the molecule is O=C(O)[C@H]1CNCCN1S(=O)(=O)c1nc2ccccc2[nH]1. The van der Waals surface area contributed by atoms with Gasteiger partial charge in [-0.1, -0.05) is 12.1 Å². The van der Waals surface area contributed by atoms with E-state index in [1.807, 2.05) is 0 Å². The molecule has 0 unspecified atom stereocenters. The molecule has 0 radical (unpaired) electrons. The fraction of sp³-hybridized carbons (Fsp3) is 0.333. The summed E-state index contributed by atoms with van der Waals surface area (Å²) < 4.78 is 26.2. The van der Waals surface area contributed by atoms with Crippen molar-refractivity contribution in [2.45, 2.75) is 11.2 Å². The number of carbonyl (C=O) groups is 1. The van der Waals surface area contributed by atoms with E-state index in [1.54, 1.807) is 24.3 Å². The molecule has 112 valence electrons. The third kappa shape index (κ3) is 2.39. The molecule has 3 rings (SSSR count). The van der Waals surface area contributed by atoms with Gasteiger partial charge in [0, 0.05) is 19.6 Å². The average molecular weight is 310 g/mol. The lowest BCUT2D eigenvalue weighted by atomic mass is 10.2. The van der Waals surface area contributed by atoms with E-state index in [0.29, 0.717) is 17.6 Å². The highest BCUT2D eigenvalue weighted by Gasteiger charge is 2.39. The molecular weight excluding hydrogens is 296 g/mol. The molecule has 0 spiro atoms. The molecule has 2 heterocycles. The second-order valence-corrected chi connectivity index (χ2v) is 6.54. The largest absolute Gasteiger partial charge is 0.480 e. The van der Waals surface area contributed by atoms with Gasteiger partial charge in [-0.25, -0.2) is 13.4 Å². The Bertz CT molecular complexity index is 752. The van der Waals surface area contributed by atoms with Crippen LogP contribution < -0.4 is 5.32 Å². The summed E-state index contributed by atoms with van der Waals surface area (Å²) >= 11 is 0. The van der Waals surface area contributed by atoms with Crippen molar-refractivity contribution >= 4 is 27.0 Å². The topological polar surface area (TPSA) is 115 Å². The van der Waals surface area contributed by atoms with Crippen LogP contribution in [0.3, 0.4) is 0 Å². The van der Waals surface area contributed by atoms with Crippen LogP contribution in [0.25, 0.3) is 11.0 Å². The molecule has 0 amide bonds. The molecule has 0 saturated carbocycles. The van der Waals surface area contributed by atoms with Crippen molar-refractivity contribution in [2.24, 2.45) is 0 Å². The zero-order valence-corrected chi connectivity index (χ0v) is 11.8. The van der Waals surface area contributed by atoms with E-state index in [2.05, 4.69) is 15.3 Å². The highest BCUT2D eigenvalue weighted by molar-refractivity contribution is 7.89. The number of hydrogen-bond acceptors (Lipinski definition) is 5. The Balaban J connectivity index is 2.04. The van der Waals surface area contributed by atoms with Crippen LogP contribution in [-0.4, -0.2) is 59.4 Å². The summed E-state index contributed by atoms with van der Waals surface area (Å²) in [5.41, 5.74) is 1.12. The smallest absolute Gasteiger partial charge is 0.323 e. The first kappa shape index (κ1) is 14.0. The molecule has 0 bridgehead atoms. The lowest BCUT2D eigenvalue weighted by Crippen LogP contribution is -2.56. The number of benzene rings is 1. The van der Waals surface area contributed by atoms with E-state index in [-0.39, 0.29) is 18.2 Å². The van der Waals surface area contributed by atoms with Crippen LogP contribution in [0.5, 0.6) is 0 Å².